The van der Waals surface area contributed by atoms with Crippen LogP contribution in [0.25, 0.3) is 0 Å². The van der Waals surface area contributed by atoms with Crippen LogP contribution in [0.5, 0.6) is 0 Å². The molecular formula is C12H12ClN3O3S. The Labute approximate surface area is 122 Å². The maximum absolute atomic E-state index is 11.8. The third kappa shape index (κ3) is 3.94. The first-order valence-electron chi connectivity index (χ1n) is 5.32. The molecule has 0 aliphatic carbocycles. The highest BCUT2D eigenvalue weighted by molar-refractivity contribution is 7.86. The fourth-order valence-electron chi connectivity index (χ4n) is 1.29. The molecule has 0 radical (unpaired) electrons. The zero-order valence-electron chi connectivity index (χ0n) is 10.2. The first-order chi connectivity index (χ1) is 9.09. The Bertz CT molecular complexity index is 676. The van der Waals surface area contributed by atoms with Gasteiger partial charge in [-0.1, -0.05) is 18.2 Å². The Hall–Kier alpha value is -2.12. The molecule has 2 N–H and O–H groups in total. The Morgan fingerprint density at radius 1 is 1.10 bits per heavy atom. The number of amidine groups is 1. The van der Waals surface area contributed by atoms with Crippen LogP contribution in [-0.2, 0) is 14.4 Å². The van der Waals surface area contributed by atoms with E-state index in [0.717, 1.165) is 0 Å². The summed E-state index contributed by atoms with van der Waals surface area (Å²) in [7, 11) is -3.95. The summed E-state index contributed by atoms with van der Waals surface area (Å²) in [5.74, 6) is -0.0399. The van der Waals surface area contributed by atoms with E-state index in [1.165, 1.54) is 24.5 Å². The molecule has 20 heavy (non-hydrogen) atoms. The molecule has 0 saturated carbocycles. The second-order valence-electron chi connectivity index (χ2n) is 3.55. The zero-order chi connectivity index (χ0) is 13.7. The molecule has 106 valence electrons. The van der Waals surface area contributed by atoms with Crippen LogP contribution >= 0.6 is 12.4 Å². The lowest BCUT2D eigenvalue weighted by Crippen LogP contribution is -2.15. The van der Waals surface area contributed by atoms with Crippen molar-refractivity contribution in [3.05, 3.63) is 60.4 Å². The minimum atomic E-state index is -3.95. The standard InChI is InChI=1S/C12H11N3O3S.ClH/c13-12(10-6-8-14-9-7-10)15-18-19(16,17)11-4-2-1-3-5-11;/h1-9H,(H2,13,15);1H. The van der Waals surface area contributed by atoms with Crippen LogP contribution in [0.3, 0.4) is 0 Å². The number of nitrogens with two attached hydrogens (primary N) is 1. The second-order valence-corrected chi connectivity index (χ2v) is 5.08. The highest BCUT2D eigenvalue weighted by atomic mass is 35.5. The van der Waals surface area contributed by atoms with Crippen molar-refractivity contribution < 1.29 is 12.7 Å². The maximum atomic E-state index is 11.8. The molecule has 0 spiro atoms. The van der Waals surface area contributed by atoms with Crippen LogP contribution in [0.4, 0.5) is 0 Å². The number of nitrogens with zero attached hydrogens (tertiary/aromatic N) is 2. The minimum absolute atomic E-state index is 0. The van der Waals surface area contributed by atoms with Crippen LogP contribution in [-0.4, -0.2) is 19.2 Å². The number of hydrogen-bond acceptors (Lipinski definition) is 5. The summed E-state index contributed by atoms with van der Waals surface area (Å²) in [6.45, 7) is 0. The molecule has 0 amide bonds. The lowest BCUT2D eigenvalue weighted by molar-refractivity contribution is 0.338. The molecule has 0 aliphatic rings. The van der Waals surface area contributed by atoms with Crippen molar-refractivity contribution in [2.45, 2.75) is 4.90 Å². The van der Waals surface area contributed by atoms with E-state index >= 15 is 0 Å². The average molecular weight is 314 g/mol. The van der Waals surface area contributed by atoms with Crippen molar-refractivity contribution in [1.82, 2.24) is 4.98 Å². The largest absolute Gasteiger partial charge is 0.380 e. The molecule has 0 bridgehead atoms. The van der Waals surface area contributed by atoms with Gasteiger partial charge < -0.3 is 5.73 Å². The molecule has 6 nitrogen and oxygen atoms in total. The number of pyridine rings is 1. The Kier molecular flexibility index (Phi) is 5.48. The van der Waals surface area contributed by atoms with Gasteiger partial charge in [0.25, 0.3) is 0 Å². The van der Waals surface area contributed by atoms with Gasteiger partial charge in [0, 0.05) is 18.0 Å². The van der Waals surface area contributed by atoms with Gasteiger partial charge in [0.1, 0.15) is 4.90 Å². The van der Waals surface area contributed by atoms with E-state index in [-0.39, 0.29) is 23.1 Å². The van der Waals surface area contributed by atoms with E-state index in [1.807, 2.05) is 0 Å². The van der Waals surface area contributed by atoms with Crippen molar-refractivity contribution in [3.63, 3.8) is 0 Å². The fraction of sp³-hybridized carbons (Fsp3) is 0. The molecule has 8 heteroatoms. The van der Waals surface area contributed by atoms with Crippen LogP contribution in [0.1, 0.15) is 5.56 Å². The molecule has 0 aliphatic heterocycles. The van der Waals surface area contributed by atoms with E-state index in [1.54, 1.807) is 30.3 Å². The number of aromatic nitrogens is 1. The molecule has 1 aromatic carbocycles. The van der Waals surface area contributed by atoms with Gasteiger partial charge in [0.05, 0.1) is 0 Å². The average Bonchev–Trinajstić information content (AvgIpc) is 2.47. The topological polar surface area (TPSA) is 94.6 Å². The summed E-state index contributed by atoms with van der Waals surface area (Å²) >= 11 is 0. The molecule has 0 fully saturated rings. The third-order valence-electron chi connectivity index (χ3n) is 2.24. The van der Waals surface area contributed by atoms with Crippen LogP contribution in [0.15, 0.2) is 64.9 Å². The molecule has 2 rings (SSSR count). The molecule has 2 aromatic rings. The van der Waals surface area contributed by atoms with Gasteiger partial charge in [0.15, 0.2) is 5.84 Å². The molecule has 0 unspecified atom stereocenters. The summed E-state index contributed by atoms with van der Waals surface area (Å²) in [6.07, 6.45) is 3.03. The van der Waals surface area contributed by atoms with Crippen molar-refractivity contribution in [2.75, 3.05) is 0 Å². The van der Waals surface area contributed by atoms with Gasteiger partial charge in [-0.05, 0) is 29.4 Å². The monoisotopic (exact) mass is 313 g/mol. The van der Waals surface area contributed by atoms with Gasteiger partial charge in [-0.25, -0.2) is 0 Å². The van der Waals surface area contributed by atoms with Crippen LogP contribution in [0.2, 0.25) is 0 Å². The second kappa shape index (κ2) is 6.88. The normalized spacial score (nSPS) is 11.5. The quantitative estimate of drug-likeness (QED) is 0.525. The van der Waals surface area contributed by atoms with Crippen LogP contribution < -0.4 is 5.73 Å². The first kappa shape index (κ1) is 15.9. The first-order valence-corrected chi connectivity index (χ1v) is 6.73. The number of rotatable bonds is 4. The molecule has 0 saturated heterocycles. The predicted molar refractivity (Wildman–Crippen MR) is 76.9 cm³/mol. The molecule has 1 heterocycles. The van der Waals surface area contributed by atoms with Gasteiger partial charge in [-0.15, -0.1) is 12.4 Å². The van der Waals surface area contributed by atoms with E-state index in [2.05, 4.69) is 14.4 Å². The third-order valence-corrected chi connectivity index (χ3v) is 3.36. The smallest absolute Gasteiger partial charge is 0.358 e. The van der Waals surface area contributed by atoms with Crippen LogP contribution in [0, 0.1) is 0 Å². The van der Waals surface area contributed by atoms with Crippen molar-refractivity contribution in [3.8, 4) is 0 Å². The Balaban J connectivity index is 0.00000200. The SMILES string of the molecule is Cl.N/C(=N\OS(=O)(=O)c1ccccc1)c1ccncc1. The Morgan fingerprint density at radius 3 is 2.30 bits per heavy atom. The highest BCUT2D eigenvalue weighted by Gasteiger charge is 2.15. The van der Waals surface area contributed by atoms with Crippen molar-refractivity contribution in [1.29, 1.82) is 0 Å². The Morgan fingerprint density at radius 2 is 1.70 bits per heavy atom. The van der Waals surface area contributed by atoms with E-state index < -0.39 is 10.1 Å². The lowest BCUT2D eigenvalue weighted by Gasteiger charge is -2.02. The summed E-state index contributed by atoms with van der Waals surface area (Å²) in [5.41, 5.74) is 6.14. The molecule has 0 atom stereocenters. The fourth-order valence-corrected chi connectivity index (χ4v) is 2.05. The van der Waals surface area contributed by atoms with E-state index in [9.17, 15) is 8.42 Å². The molecular weight excluding hydrogens is 302 g/mol. The summed E-state index contributed by atoms with van der Waals surface area (Å²) < 4.78 is 28.1. The van der Waals surface area contributed by atoms with Crippen molar-refractivity contribution in [2.24, 2.45) is 10.9 Å². The minimum Gasteiger partial charge on any atom is -0.380 e. The predicted octanol–water partition coefficient (Wildman–Crippen LogP) is 1.53. The lowest BCUT2D eigenvalue weighted by atomic mass is 10.2. The molecule has 1 aromatic heterocycles. The summed E-state index contributed by atoms with van der Waals surface area (Å²) in [4.78, 5) is 3.83. The number of halogens is 1. The van der Waals surface area contributed by atoms with Gasteiger partial charge in [-0.2, -0.15) is 8.42 Å². The summed E-state index contributed by atoms with van der Waals surface area (Å²) in [5, 5.41) is 3.42. The number of oxime groups is 1. The number of hydrogen-bond donors (Lipinski definition) is 1. The number of benzene rings is 1. The zero-order valence-corrected chi connectivity index (χ0v) is 11.8. The van der Waals surface area contributed by atoms with Gasteiger partial charge >= 0.3 is 10.1 Å². The maximum Gasteiger partial charge on any atom is 0.358 e. The van der Waals surface area contributed by atoms with Gasteiger partial charge in [0.2, 0.25) is 0 Å². The van der Waals surface area contributed by atoms with E-state index in [0.29, 0.717) is 5.56 Å². The van der Waals surface area contributed by atoms with Crippen molar-refractivity contribution >= 4 is 28.4 Å². The van der Waals surface area contributed by atoms with Gasteiger partial charge in [-0.3, -0.25) is 9.27 Å². The summed E-state index contributed by atoms with van der Waals surface area (Å²) in [6, 6.07) is 10.9. The highest BCUT2D eigenvalue weighted by Crippen LogP contribution is 2.11. The van der Waals surface area contributed by atoms with E-state index in [4.69, 9.17) is 5.73 Å².